The molecular weight excluding hydrogens is 985 g/mol. The van der Waals surface area contributed by atoms with Gasteiger partial charge in [0.2, 0.25) is 0 Å². The van der Waals surface area contributed by atoms with Gasteiger partial charge in [-0.2, -0.15) is 0 Å². The topological polar surface area (TPSA) is 78.9 Å². The summed E-state index contributed by atoms with van der Waals surface area (Å²) >= 11 is 0. The third-order valence-electron chi connectivity index (χ3n) is 13.6. The summed E-state index contributed by atoms with van der Waals surface area (Å²) in [5.41, 5.74) is 0. The molecule has 0 spiro atoms. The molecule has 0 amide bonds. The lowest BCUT2D eigenvalue weighted by Gasteiger charge is -2.18. The number of unbranched alkanes of at least 4 members (excludes halogenated alkanes) is 23. The molecule has 6 nitrogen and oxygen atoms in total. The fraction of sp³-hybridized carbons (Fsp3) is 0.635. The summed E-state index contributed by atoms with van der Waals surface area (Å²) in [5, 5.41) is 0. The summed E-state index contributed by atoms with van der Waals surface area (Å²) < 4.78 is 16.9. The van der Waals surface area contributed by atoms with Crippen molar-refractivity contribution in [3.63, 3.8) is 0 Å². The van der Waals surface area contributed by atoms with Crippen LogP contribution in [0.3, 0.4) is 0 Å². The maximum atomic E-state index is 12.9. The number of carbonyl (C=O) groups excluding carboxylic acids is 3. The van der Waals surface area contributed by atoms with Crippen LogP contribution in [0.5, 0.6) is 0 Å². The first-order valence-corrected chi connectivity index (χ1v) is 32.8. The SMILES string of the molecule is CC/C=C\C/C=C\C/C=C\C/C=C\C/C=C\CCCCCCCCCC(=O)OCC(COC(=O)CCCCCCC/C=C\C/C=C\CCCCCC)OC(=O)CCCCCCCCC/C=C\C/C=C\C/C=C\C/C=C\C/C=C\CC. The van der Waals surface area contributed by atoms with Crippen molar-refractivity contribution in [1.29, 1.82) is 0 Å². The van der Waals surface area contributed by atoms with Crippen LogP contribution in [-0.2, 0) is 28.6 Å². The van der Waals surface area contributed by atoms with Crippen molar-refractivity contribution in [2.45, 2.75) is 290 Å². The lowest BCUT2D eigenvalue weighted by Crippen LogP contribution is -2.30. The Morgan fingerprint density at radius 2 is 0.487 bits per heavy atom. The summed E-state index contributed by atoms with van der Waals surface area (Å²) in [6.07, 6.45) is 95.5. The van der Waals surface area contributed by atoms with Crippen LogP contribution in [-0.4, -0.2) is 37.2 Å². The quantitative estimate of drug-likeness (QED) is 0.0261. The molecule has 80 heavy (non-hydrogen) atoms. The Balaban J connectivity index is 4.47. The van der Waals surface area contributed by atoms with Crippen LogP contribution in [0.1, 0.15) is 284 Å². The van der Waals surface area contributed by atoms with Gasteiger partial charge in [-0.05, 0) is 141 Å². The van der Waals surface area contributed by atoms with E-state index in [1.54, 1.807) is 0 Å². The molecule has 6 heteroatoms. The monoisotopic (exact) mass is 1100 g/mol. The summed E-state index contributed by atoms with van der Waals surface area (Å²) in [5.74, 6) is -0.931. The van der Waals surface area contributed by atoms with Crippen molar-refractivity contribution in [2.75, 3.05) is 13.2 Å². The molecule has 1 unspecified atom stereocenters. The maximum absolute atomic E-state index is 12.9. The van der Waals surface area contributed by atoms with E-state index in [0.717, 1.165) is 167 Å². The van der Waals surface area contributed by atoms with Gasteiger partial charge in [0, 0.05) is 19.3 Å². The predicted octanol–water partition coefficient (Wildman–Crippen LogP) is 22.7. The number of hydrogen-bond donors (Lipinski definition) is 0. The standard InChI is InChI=1S/C74H120O6/c1-4-7-10-13-16-19-22-25-28-31-33-35-37-39-41-43-46-49-52-55-58-61-64-67-73(76)79-70-71(69-78-72(75)66-63-60-57-54-51-48-45-30-27-24-21-18-15-12-9-6-3)80-74(77)68-65-62-59-56-53-50-47-44-42-40-38-36-34-32-29-26-23-20-17-14-11-8-5-2/h7-8,10-11,16-17,19-21,24-26,28-30,33-36,39-42,45,71H,4-6,9,12-15,18,22-23,27,31-32,37-38,43-44,46-70H2,1-3H3/b10-7-,11-8-,19-16-,20-17-,24-21-,28-25-,29-26-,35-33-,36-34-,41-39-,42-40-,45-30-. The highest BCUT2D eigenvalue weighted by atomic mass is 16.6. The maximum Gasteiger partial charge on any atom is 0.306 e. The lowest BCUT2D eigenvalue weighted by molar-refractivity contribution is -0.167. The molecule has 0 aliphatic carbocycles. The first-order chi connectivity index (χ1) is 39.5. The molecule has 0 saturated heterocycles. The zero-order valence-corrected chi connectivity index (χ0v) is 51.8. The van der Waals surface area contributed by atoms with Crippen molar-refractivity contribution in [3.05, 3.63) is 146 Å². The van der Waals surface area contributed by atoms with Gasteiger partial charge in [-0.15, -0.1) is 0 Å². The molecule has 1 atom stereocenters. The summed E-state index contributed by atoms with van der Waals surface area (Å²) in [4.78, 5) is 38.4. The highest BCUT2D eigenvalue weighted by molar-refractivity contribution is 5.71. The molecule has 452 valence electrons. The van der Waals surface area contributed by atoms with Crippen LogP contribution in [0.15, 0.2) is 146 Å². The van der Waals surface area contributed by atoms with Gasteiger partial charge in [-0.25, -0.2) is 0 Å². The van der Waals surface area contributed by atoms with E-state index in [2.05, 4.69) is 167 Å². The average molecular weight is 1110 g/mol. The van der Waals surface area contributed by atoms with Gasteiger partial charge in [0.25, 0.3) is 0 Å². The van der Waals surface area contributed by atoms with Gasteiger partial charge in [0.15, 0.2) is 6.10 Å². The number of hydrogen-bond acceptors (Lipinski definition) is 6. The Morgan fingerprint density at radius 1 is 0.263 bits per heavy atom. The zero-order valence-electron chi connectivity index (χ0n) is 51.8. The molecule has 0 rings (SSSR count). The van der Waals surface area contributed by atoms with Crippen LogP contribution in [0.4, 0.5) is 0 Å². The molecule has 0 fully saturated rings. The van der Waals surface area contributed by atoms with Gasteiger partial charge in [0.05, 0.1) is 0 Å². The fourth-order valence-corrected chi connectivity index (χ4v) is 8.70. The average Bonchev–Trinajstić information content (AvgIpc) is 3.46. The minimum Gasteiger partial charge on any atom is -0.462 e. The summed E-state index contributed by atoms with van der Waals surface area (Å²) in [6, 6.07) is 0. The first kappa shape index (κ1) is 75.3. The van der Waals surface area contributed by atoms with Gasteiger partial charge < -0.3 is 14.2 Å². The summed E-state index contributed by atoms with van der Waals surface area (Å²) in [7, 11) is 0. The highest BCUT2D eigenvalue weighted by Gasteiger charge is 2.19. The van der Waals surface area contributed by atoms with E-state index in [4.69, 9.17) is 14.2 Å². The van der Waals surface area contributed by atoms with E-state index < -0.39 is 6.10 Å². The minimum absolute atomic E-state index is 0.0981. The number of carbonyl (C=O) groups is 3. The molecule has 0 aromatic rings. The van der Waals surface area contributed by atoms with Crippen molar-refractivity contribution in [1.82, 2.24) is 0 Å². The first-order valence-electron chi connectivity index (χ1n) is 32.8. The Labute approximate surface area is 493 Å². The number of rotatable bonds is 58. The van der Waals surface area contributed by atoms with Crippen LogP contribution >= 0.6 is 0 Å². The molecule has 0 bridgehead atoms. The van der Waals surface area contributed by atoms with Crippen LogP contribution < -0.4 is 0 Å². The van der Waals surface area contributed by atoms with Crippen molar-refractivity contribution < 1.29 is 28.6 Å². The van der Waals surface area contributed by atoms with Gasteiger partial charge >= 0.3 is 17.9 Å². The van der Waals surface area contributed by atoms with Crippen LogP contribution in [0.2, 0.25) is 0 Å². The summed E-state index contributed by atoms with van der Waals surface area (Å²) in [6.45, 7) is 6.37. The van der Waals surface area contributed by atoms with Crippen LogP contribution in [0, 0.1) is 0 Å². The number of allylic oxidation sites excluding steroid dienone is 24. The predicted molar refractivity (Wildman–Crippen MR) is 348 cm³/mol. The third kappa shape index (κ3) is 64.1. The molecule has 0 radical (unpaired) electrons. The molecular formula is C74H120O6. The second-order valence-electron chi connectivity index (χ2n) is 21.3. The van der Waals surface area contributed by atoms with Crippen molar-refractivity contribution in [3.8, 4) is 0 Å². The van der Waals surface area contributed by atoms with Crippen molar-refractivity contribution >= 4 is 17.9 Å². The van der Waals surface area contributed by atoms with E-state index in [1.165, 1.54) is 77.0 Å². The second-order valence-corrected chi connectivity index (χ2v) is 21.3. The minimum atomic E-state index is -0.803. The Bertz CT molecular complexity index is 1750. The number of ether oxygens (including phenoxy) is 3. The Morgan fingerprint density at radius 3 is 0.762 bits per heavy atom. The van der Waals surface area contributed by atoms with Gasteiger partial charge in [-0.3, -0.25) is 14.4 Å². The van der Waals surface area contributed by atoms with E-state index in [1.807, 2.05) is 0 Å². The smallest absolute Gasteiger partial charge is 0.306 e. The molecule has 0 heterocycles. The van der Waals surface area contributed by atoms with Gasteiger partial charge in [0.1, 0.15) is 13.2 Å². The van der Waals surface area contributed by atoms with Crippen LogP contribution in [0.25, 0.3) is 0 Å². The molecule has 0 aromatic heterocycles. The van der Waals surface area contributed by atoms with Gasteiger partial charge in [-0.1, -0.05) is 269 Å². The second kappa shape index (κ2) is 66.8. The molecule has 0 aliphatic heterocycles. The fourth-order valence-electron chi connectivity index (χ4n) is 8.70. The lowest BCUT2D eigenvalue weighted by atomic mass is 10.1. The van der Waals surface area contributed by atoms with E-state index >= 15 is 0 Å². The van der Waals surface area contributed by atoms with Crippen molar-refractivity contribution in [2.24, 2.45) is 0 Å². The Kier molecular flexibility index (Phi) is 62.9. The largest absolute Gasteiger partial charge is 0.462 e. The third-order valence-corrected chi connectivity index (χ3v) is 13.6. The van der Waals surface area contributed by atoms with E-state index in [-0.39, 0.29) is 31.1 Å². The molecule has 0 aliphatic rings. The molecule has 0 aromatic carbocycles. The molecule has 0 saturated carbocycles. The van der Waals surface area contributed by atoms with E-state index in [9.17, 15) is 14.4 Å². The molecule has 0 N–H and O–H groups in total. The number of esters is 3. The van der Waals surface area contributed by atoms with E-state index in [0.29, 0.717) is 19.3 Å². The highest BCUT2D eigenvalue weighted by Crippen LogP contribution is 2.15. The normalized spacial score (nSPS) is 13.1. The zero-order chi connectivity index (χ0) is 57.8. The Hall–Kier alpha value is -4.71.